The summed E-state index contributed by atoms with van der Waals surface area (Å²) >= 11 is 0. The molecule has 1 N–H and O–H groups in total. The zero-order valence-electron chi connectivity index (χ0n) is 13.0. The monoisotopic (exact) mass is 321 g/mol. The maximum absolute atomic E-state index is 13.6. The number of amides is 1. The van der Waals surface area contributed by atoms with Crippen molar-refractivity contribution < 1.29 is 23.8 Å². The minimum atomic E-state index is -0.963. The van der Waals surface area contributed by atoms with E-state index in [9.17, 15) is 19.1 Å². The minimum Gasteiger partial charge on any atom is -0.481 e. The van der Waals surface area contributed by atoms with E-state index in [2.05, 4.69) is 0 Å². The molecule has 1 saturated heterocycles. The Morgan fingerprint density at radius 1 is 1.39 bits per heavy atom. The zero-order valence-corrected chi connectivity index (χ0v) is 13.0. The van der Waals surface area contributed by atoms with Gasteiger partial charge < -0.3 is 14.7 Å². The van der Waals surface area contributed by atoms with Crippen LogP contribution < -0.4 is 4.74 Å². The number of hydrogen-bond donors (Lipinski definition) is 1. The number of aryl methyl sites for hydroxylation is 1. The van der Waals surface area contributed by atoms with Gasteiger partial charge in [-0.05, 0) is 49.3 Å². The Balaban J connectivity index is 1.68. The molecule has 0 spiro atoms. The lowest BCUT2D eigenvalue weighted by Crippen LogP contribution is -2.45. The van der Waals surface area contributed by atoms with Gasteiger partial charge in [0, 0.05) is 6.54 Å². The van der Waals surface area contributed by atoms with Crippen molar-refractivity contribution in [3.63, 3.8) is 0 Å². The fourth-order valence-corrected chi connectivity index (χ4v) is 3.82. The number of benzene rings is 1. The molecule has 3 unspecified atom stereocenters. The molecule has 3 rings (SSSR count). The highest BCUT2D eigenvalue weighted by molar-refractivity contribution is 5.85. The number of rotatable bonds is 4. The molecule has 3 atom stereocenters. The van der Waals surface area contributed by atoms with Crippen LogP contribution in [0.5, 0.6) is 5.75 Å². The van der Waals surface area contributed by atoms with Crippen molar-refractivity contribution in [2.45, 2.75) is 32.2 Å². The second-order valence-electron chi connectivity index (χ2n) is 6.41. The molecular formula is C17H20FNO4. The van der Waals surface area contributed by atoms with Crippen LogP contribution in [0.25, 0.3) is 0 Å². The van der Waals surface area contributed by atoms with Gasteiger partial charge in [0.2, 0.25) is 0 Å². The second-order valence-corrected chi connectivity index (χ2v) is 6.41. The highest BCUT2D eigenvalue weighted by Gasteiger charge is 2.49. The topological polar surface area (TPSA) is 66.8 Å². The van der Waals surface area contributed by atoms with Gasteiger partial charge in [0.05, 0.1) is 0 Å². The maximum Gasteiger partial charge on any atom is 0.326 e. The number of likely N-dealkylation sites (tertiary alicyclic amines) is 1. The summed E-state index contributed by atoms with van der Waals surface area (Å²) in [4.78, 5) is 25.3. The third kappa shape index (κ3) is 3.02. The third-order valence-corrected chi connectivity index (χ3v) is 4.90. The summed E-state index contributed by atoms with van der Waals surface area (Å²) in [7, 11) is 0. The second kappa shape index (κ2) is 6.18. The quantitative estimate of drug-likeness (QED) is 0.923. The minimum absolute atomic E-state index is 0.0182. The Labute approximate surface area is 134 Å². The molecule has 6 heteroatoms. The van der Waals surface area contributed by atoms with E-state index in [0.717, 1.165) is 24.8 Å². The molecule has 0 bridgehead atoms. The molecule has 1 amide bonds. The maximum atomic E-state index is 13.6. The normalized spacial score (nSPS) is 26.2. The first-order valence-electron chi connectivity index (χ1n) is 7.88. The SMILES string of the molecule is Cc1ccc(F)c(OCC(=O)N2CC3CCCC3C2C(=O)O)c1. The summed E-state index contributed by atoms with van der Waals surface area (Å²) in [6.07, 6.45) is 2.83. The van der Waals surface area contributed by atoms with Crippen molar-refractivity contribution in [3.8, 4) is 5.75 Å². The van der Waals surface area contributed by atoms with Gasteiger partial charge in [-0.15, -0.1) is 0 Å². The Hall–Kier alpha value is -2.11. The van der Waals surface area contributed by atoms with E-state index in [0.29, 0.717) is 6.54 Å². The van der Waals surface area contributed by atoms with Gasteiger partial charge >= 0.3 is 5.97 Å². The number of carbonyl (C=O) groups is 2. The van der Waals surface area contributed by atoms with Crippen LogP contribution in [0.1, 0.15) is 24.8 Å². The van der Waals surface area contributed by atoms with Crippen molar-refractivity contribution in [1.29, 1.82) is 0 Å². The number of fused-ring (bicyclic) bond motifs is 1. The Morgan fingerprint density at radius 3 is 2.91 bits per heavy atom. The summed E-state index contributed by atoms with van der Waals surface area (Å²) in [5.41, 5.74) is 0.827. The molecule has 0 aromatic heterocycles. The Morgan fingerprint density at radius 2 is 2.17 bits per heavy atom. The summed E-state index contributed by atoms with van der Waals surface area (Å²) in [6, 6.07) is 3.65. The van der Waals surface area contributed by atoms with E-state index in [1.807, 2.05) is 0 Å². The van der Waals surface area contributed by atoms with Crippen molar-refractivity contribution in [3.05, 3.63) is 29.6 Å². The van der Waals surface area contributed by atoms with Gasteiger partial charge in [0.15, 0.2) is 18.2 Å². The number of nitrogens with zero attached hydrogens (tertiary/aromatic N) is 1. The average Bonchev–Trinajstić information content (AvgIpc) is 3.07. The van der Waals surface area contributed by atoms with Crippen LogP contribution in [0, 0.1) is 24.6 Å². The molecule has 124 valence electrons. The van der Waals surface area contributed by atoms with Gasteiger partial charge in [-0.2, -0.15) is 0 Å². The van der Waals surface area contributed by atoms with Crippen molar-refractivity contribution in [2.24, 2.45) is 11.8 Å². The molecule has 2 fully saturated rings. The predicted molar refractivity (Wildman–Crippen MR) is 80.6 cm³/mol. The van der Waals surface area contributed by atoms with Gasteiger partial charge in [-0.3, -0.25) is 4.79 Å². The predicted octanol–water partition coefficient (Wildman–Crippen LogP) is 2.22. The number of carboxylic acids is 1. The molecule has 1 saturated carbocycles. The van der Waals surface area contributed by atoms with Crippen LogP contribution in [0.4, 0.5) is 4.39 Å². The number of carbonyl (C=O) groups excluding carboxylic acids is 1. The fourth-order valence-electron chi connectivity index (χ4n) is 3.82. The third-order valence-electron chi connectivity index (χ3n) is 4.90. The zero-order chi connectivity index (χ0) is 16.6. The van der Waals surface area contributed by atoms with E-state index in [1.165, 1.54) is 17.0 Å². The summed E-state index contributed by atoms with van der Waals surface area (Å²) in [5.74, 6) is -1.58. The van der Waals surface area contributed by atoms with Crippen molar-refractivity contribution >= 4 is 11.9 Å². The number of ether oxygens (including phenoxy) is 1. The fraction of sp³-hybridized carbons (Fsp3) is 0.529. The molecular weight excluding hydrogens is 301 g/mol. The molecule has 23 heavy (non-hydrogen) atoms. The molecule has 1 aliphatic heterocycles. The summed E-state index contributed by atoms with van der Waals surface area (Å²) in [5, 5.41) is 9.45. The van der Waals surface area contributed by atoms with Crippen LogP contribution >= 0.6 is 0 Å². The van der Waals surface area contributed by atoms with E-state index in [4.69, 9.17) is 4.74 Å². The van der Waals surface area contributed by atoms with E-state index in [-0.39, 0.29) is 24.2 Å². The van der Waals surface area contributed by atoms with Crippen molar-refractivity contribution in [2.75, 3.05) is 13.2 Å². The van der Waals surface area contributed by atoms with E-state index in [1.54, 1.807) is 13.0 Å². The number of carboxylic acid groups (broad SMARTS) is 1. The Bertz CT molecular complexity index is 633. The lowest BCUT2D eigenvalue weighted by molar-refractivity contribution is -0.150. The highest BCUT2D eigenvalue weighted by atomic mass is 19.1. The first-order valence-corrected chi connectivity index (χ1v) is 7.88. The summed E-state index contributed by atoms with van der Waals surface area (Å²) < 4.78 is 18.9. The van der Waals surface area contributed by atoms with Crippen LogP contribution in [0.2, 0.25) is 0 Å². The van der Waals surface area contributed by atoms with Gasteiger partial charge in [-0.25, -0.2) is 9.18 Å². The number of aliphatic carboxylic acids is 1. The van der Waals surface area contributed by atoms with Gasteiger partial charge in [-0.1, -0.05) is 12.5 Å². The van der Waals surface area contributed by atoms with Crippen LogP contribution in [-0.2, 0) is 9.59 Å². The lowest BCUT2D eigenvalue weighted by Gasteiger charge is -2.24. The standard InChI is InChI=1S/C17H20FNO4/c1-10-5-6-13(18)14(7-10)23-9-15(20)19-8-11-3-2-4-12(11)16(19)17(21)22/h5-7,11-12,16H,2-4,8-9H2,1H3,(H,21,22). The van der Waals surface area contributed by atoms with Crippen LogP contribution in [0.15, 0.2) is 18.2 Å². The van der Waals surface area contributed by atoms with Crippen LogP contribution in [-0.4, -0.2) is 41.1 Å². The number of halogens is 1. The smallest absolute Gasteiger partial charge is 0.326 e. The molecule has 0 radical (unpaired) electrons. The molecule has 1 aromatic rings. The Kier molecular flexibility index (Phi) is 4.24. The van der Waals surface area contributed by atoms with Crippen LogP contribution in [0.3, 0.4) is 0 Å². The van der Waals surface area contributed by atoms with Gasteiger partial charge in [0.25, 0.3) is 5.91 Å². The van der Waals surface area contributed by atoms with E-state index >= 15 is 0 Å². The molecule has 1 aliphatic carbocycles. The van der Waals surface area contributed by atoms with Gasteiger partial charge in [0.1, 0.15) is 6.04 Å². The largest absolute Gasteiger partial charge is 0.481 e. The van der Waals surface area contributed by atoms with E-state index < -0.39 is 23.7 Å². The lowest BCUT2D eigenvalue weighted by atomic mass is 9.94. The first-order chi connectivity index (χ1) is 11.0. The average molecular weight is 321 g/mol. The molecule has 1 aromatic carbocycles. The molecule has 5 nitrogen and oxygen atoms in total. The van der Waals surface area contributed by atoms with Crippen molar-refractivity contribution in [1.82, 2.24) is 4.90 Å². The first kappa shape index (κ1) is 15.8. The number of hydrogen-bond acceptors (Lipinski definition) is 3. The highest BCUT2D eigenvalue weighted by Crippen LogP contribution is 2.42. The molecule has 1 heterocycles. The molecule has 2 aliphatic rings. The summed E-state index contributed by atoms with van der Waals surface area (Å²) in [6.45, 7) is 1.92.